The molecule has 1 aromatic rings. The van der Waals surface area contributed by atoms with E-state index in [9.17, 15) is 9.59 Å². The lowest BCUT2D eigenvalue weighted by Gasteiger charge is -2.38. The molecule has 1 aromatic carbocycles. The molecule has 3 aliphatic rings. The second-order valence-electron chi connectivity index (χ2n) is 9.28. The molecule has 164 valence electrons. The summed E-state index contributed by atoms with van der Waals surface area (Å²) in [4.78, 5) is 29.7. The van der Waals surface area contributed by atoms with E-state index in [1.54, 1.807) is 0 Å². The van der Waals surface area contributed by atoms with E-state index < -0.39 is 0 Å². The maximum absolute atomic E-state index is 13.1. The number of rotatable bonds is 4. The molecular formula is C24H36N4O2. The molecule has 3 amide bonds. The van der Waals surface area contributed by atoms with Gasteiger partial charge in [-0.05, 0) is 57.1 Å². The molecule has 0 radical (unpaired) electrons. The van der Waals surface area contributed by atoms with Crippen LogP contribution in [-0.4, -0.2) is 54.6 Å². The number of nitrogens with one attached hydrogen (secondary N) is 2. The second-order valence-corrected chi connectivity index (χ2v) is 9.28. The maximum atomic E-state index is 13.1. The molecule has 0 spiro atoms. The first kappa shape index (κ1) is 21.2. The van der Waals surface area contributed by atoms with Crippen LogP contribution in [-0.2, 0) is 11.2 Å². The van der Waals surface area contributed by atoms with Gasteiger partial charge in [-0.1, -0.05) is 37.5 Å². The van der Waals surface area contributed by atoms with Gasteiger partial charge in [0.15, 0.2) is 0 Å². The van der Waals surface area contributed by atoms with Gasteiger partial charge in [-0.25, -0.2) is 4.79 Å². The number of carbonyl (C=O) groups excluding carboxylic acids is 2. The summed E-state index contributed by atoms with van der Waals surface area (Å²) in [5, 5.41) is 6.29. The van der Waals surface area contributed by atoms with Crippen LogP contribution in [0.2, 0.25) is 0 Å². The average molecular weight is 413 g/mol. The average Bonchev–Trinajstić information content (AvgIpc) is 2.75. The van der Waals surface area contributed by atoms with Crippen molar-refractivity contribution in [3.63, 3.8) is 0 Å². The van der Waals surface area contributed by atoms with Gasteiger partial charge in [-0.3, -0.25) is 9.69 Å². The van der Waals surface area contributed by atoms with Crippen molar-refractivity contribution in [2.45, 2.75) is 82.8 Å². The van der Waals surface area contributed by atoms with Crippen LogP contribution >= 0.6 is 0 Å². The van der Waals surface area contributed by atoms with Crippen molar-refractivity contribution in [2.75, 3.05) is 24.5 Å². The summed E-state index contributed by atoms with van der Waals surface area (Å²) in [7, 11) is 0. The smallest absolute Gasteiger partial charge is 0.315 e. The Balaban J connectivity index is 1.24. The summed E-state index contributed by atoms with van der Waals surface area (Å²) in [6.45, 7) is 4.31. The molecule has 1 saturated carbocycles. The maximum Gasteiger partial charge on any atom is 0.315 e. The lowest BCUT2D eigenvalue weighted by Crippen LogP contribution is -2.52. The van der Waals surface area contributed by atoms with Gasteiger partial charge in [0.05, 0.1) is 6.54 Å². The Morgan fingerprint density at radius 3 is 2.33 bits per heavy atom. The third-order valence-corrected chi connectivity index (χ3v) is 7.01. The third-order valence-electron chi connectivity index (χ3n) is 7.01. The fourth-order valence-corrected chi connectivity index (χ4v) is 5.23. The molecule has 1 unspecified atom stereocenters. The summed E-state index contributed by atoms with van der Waals surface area (Å²) in [6.07, 6.45) is 9.80. The number of urea groups is 1. The Morgan fingerprint density at radius 1 is 0.933 bits per heavy atom. The number of piperidine rings is 1. The number of anilines is 1. The van der Waals surface area contributed by atoms with E-state index in [-0.39, 0.29) is 24.0 Å². The normalized spacial score (nSPS) is 23.6. The molecule has 4 rings (SSSR count). The van der Waals surface area contributed by atoms with Crippen molar-refractivity contribution in [3.8, 4) is 0 Å². The molecule has 2 fully saturated rings. The fraction of sp³-hybridized carbons (Fsp3) is 0.667. The highest BCUT2D eigenvalue weighted by atomic mass is 16.2. The zero-order valence-electron chi connectivity index (χ0n) is 18.2. The molecule has 1 saturated heterocycles. The first-order chi connectivity index (χ1) is 14.6. The number of hydrogen-bond donors (Lipinski definition) is 2. The number of likely N-dealkylation sites (tertiary alicyclic amines) is 1. The fourth-order valence-electron chi connectivity index (χ4n) is 5.23. The van der Waals surface area contributed by atoms with Crippen LogP contribution in [0.15, 0.2) is 24.3 Å². The summed E-state index contributed by atoms with van der Waals surface area (Å²) in [5.41, 5.74) is 2.35. The van der Waals surface area contributed by atoms with Crippen molar-refractivity contribution in [1.29, 1.82) is 0 Å². The molecule has 2 heterocycles. The van der Waals surface area contributed by atoms with E-state index in [0.717, 1.165) is 57.3 Å². The number of para-hydroxylation sites is 1. The van der Waals surface area contributed by atoms with Gasteiger partial charge in [-0.15, -0.1) is 0 Å². The van der Waals surface area contributed by atoms with Gasteiger partial charge < -0.3 is 15.5 Å². The van der Waals surface area contributed by atoms with E-state index in [1.807, 2.05) is 11.0 Å². The molecular weight excluding hydrogens is 376 g/mol. The minimum absolute atomic E-state index is 0.0184. The van der Waals surface area contributed by atoms with Gasteiger partial charge in [0, 0.05) is 36.9 Å². The zero-order valence-corrected chi connectivity index (χ0v) is 18.2. The predicted octanol–water partition coefficient (Wildman–Crippen LogP) is 3.45. The van der Waals surface area contributed by atoms with E-state index in [0.29, 0.717) is 12.6 Å². The summed E-state index contributed by atoms with van der Waals surface area (Å²) >= 11 is 0. The Bertz CT molecular complexity index is 738. The van der Waals surface area contributed by atoms with Gasteiger partial charge in [0.25, 0.3) is 0 Å². The highest BCUT2D eigenvalue weighted by Crippen LogP contribution is 2.30. The van der Waals surface area contributed by atoms with E-state index in [4.69, 9.17) is 0 Å². The number of amides is 3. The van der Waals surface area contributed by atoms with E-state index in [2.05, 4.69) is 40.7 Å². The SMILES string of the molecule is CC1CCc2ccccc2N1C(=O)CN1CCC(NC(=O)NC2CCCCC2)CC1. The van der Waals surface area contributed by atoms with Crippen LogP contribution in [0.3, 0.4) is 0 Å². The topological polar surface area (TPSA) is 64.7 Å². The number of carbonyl (C=O) groups is 2. The van der Waals surface area contributed by atoms with Crippen LogP contribution in [0.1, 0.15) is 63.9 Å². The van der Waals surface area contributed by atoms with E-state index >= 15 is 0 Å². The third kappa shape index (κ3) is 5.15. The molecule has 1 aliphatic carbocycles. The van der Waals surface area contributed by atoms with Crippen LogP contribution in [0.5, 0.6) is 0 Å². The van der Waals surface area contributed by atoms with Crippen molar-refractivity contribution in [2.24, 2.45) is 0 Å². The zero-order chi connectivity index (χ0) is 20.9. The molecule has 6 heteroatoms. The largest absolute Gasteiger partial charge is 0.335 e. The Kier molecular flexibility index (Phi) is 6.93. The number of hydrogen-bond acceptors (Lipinski definition) is 3. The first-order valence-electron chi connectivity index (χ1n) is 11.8. The highest BCUT2D eigenvalue weighted by Gasteiger charge is 2.30. The second kappa shape index (κ2) is 9.82. The minimum Gasteiger partial charge on any atom is -0.335 e. The molecule has 2 N–H and O–H groups in total. The lowest BCUT2D eigenvalue weighted by molar-refractivity contribution is -0.120. The van der Waals surface area contributed by atoms with Gasteiger partial charge in [0.1, 0.15) is 0 Å². The highest BCUT2D eigenvalue weighted by molar-refractivity contribution is 5.96. The Morgan fingerprint density at radius 2 is 1.60 bits per heavy atom. The summed E-state index contributed by atoms with van der Waals surface area (Å²) in [5.74, 6) is 0.191. The quantitative estimate of drug-likeness (QED) is 0.796. The number of nitrogens with zero attached hydrogens (tertiary/aromatic N) is 2. The predicted molar refractivity (Wildman–Crippen MR) is 120 cm³/mol. The molecule has 0 bridgehead atoms. The number of aryl methyl sites for hydroxylation is 1. The lowest BCUT2D eigenvalue weighted by atomic mass is 9.96. The molecule has 1 atom stereocenters. The monoisotopic (exact) mass is 412 g/mol. The molecule has 6 nitrogen and oxygen atoms in total. The van der Waals surface area contributed by atoms with Crippen LogP contribution < -0.4 is 15.5 Å². The van der Waals surface area contributed by atoms with Crippen LogP contribution in [0.25, 0.3) is 0 Å². The summed E-state index contributed by atoms with van der Waals surface area (Å²) in [6, 6.07) is 9.05. The van der Waals surface area contributed by atoms with Crippen molar-refractivity contribution >= 4 is 17.6 Å². The number of fused-ring (bicyclic) bond motifs is 1. The molecule has 2 aliphatic heterocycles. The minimum atomic E-state index is -0.0184. The van der Waals surface area contributed by atoms with Gasteiger partial charge in [0.2, 0.25) is 5.91 Å². The van der Waals surface area contributed by atoms with Crippen molar-refractivity contribution < 1.29 is 9.59 Å². The van der Waals surface area contributed by atoms with E-state index in [1.165, 1.54) is 24.8 Å². The number of benzene rings is 1. The van der Waals surface area contributed by atoms with Crippen molar-refractivity contribution in [1.82, 2.24) is 15.5 Å². The first-order valence-corrected chi connectivity index (χ1v) is 11.8. The van der Waals surface area contributed by atoms with Crippen LogP contribution in [0, 0.1) is 0 Å². The van der Waals surface area contributed by atoms with Crippen molar-refractivity contribution in [3.05, 3.63) is 29.8 Å². The Labute approximate surface area is 180 Å². The van der Waals surface area contributed by atoms with Gasteiger partial charge >= 0.3 is 6.03 Å². The molecule has 0 aromatic heterocycles. The summed E-state index contributed by atoms with van der Waals surface area (Å²) < 4.78 is 0. The molecule has 30 heavy (non-hydrogen) atoms. The van der Waals surface area contributed by atoms with Crippen LogP contribution in [0.4, 0.5) is 10.5 Å². The van der Waals surface area contributed by atoms with Gasteiger partial charge in [-0.2, -0.15) is 0 Å². The standard InChI is InChI=1S/C24H36N4O2/c1-18-11-12-19-7-5-6-10-22(19)28(18)23(29)17-27-15-13-21(14-16-27)26-24(30)25-20-8-3-2-4-9-20/h5-7,10,18,20-21H,2-4,8-9,11-17H2,1H3,(H2,25,26,30). The Hall–Kier alpha value is -2.08.